The Hall–Kier alpha value is -0.340. The monoisotopic (exact) mass is 292 g/mol. The van der Waals surface area contributed by atoms with E-state index in [1.54, 1.807) is 0 Å². The predicted molar refractivity (Wildman–Crippen MR) is 85.9 cm³/mol. The van der Waals surface area contributed by atoms with E-state index in [0.29, 0.717) is 5.92 Å². The van der Waals surface area contributed by atoms with Gasteiger partial charge < -0.3 is 10.2 Å². The van der Waals surface area contributed by atoms with Crippen molar-refractivity contribution in [3.05, 3.63) is 12.2 Å². The van der Waals surface area contributed by atoms with E-state index in [2.05, 4.69) is 6.58 Å². The molecule has 21 heavy (non-hydrogen) atoms. The van der Waals surface area contributed by atoms with Crippen molar-refractivity contribution in [3.8, 4) is 0 Å². The van der Waals surface area contributed by atoms with Gasteiger partial charge in [-0.1, -0.05) is 18.6 Å². The van der Waals surface area contributed by atoms with Gasteiger partial charge in [-0.05, 0) is 88.4 Å². The molecule has 2 bridgehead atoms. The van der Waals surface area contributed by atoms with Gasteiger partial charge in [-0.15, -0.1) is 0 Å². The molecule has 120 valence electrons. The summed E-state index contributed by atoms with van der Waals surface area (Å²) in [5, 5.41) is 20.2. The first-order chi connectivity index (χ1) is 9.89. The maximum Gasteiger partial charge on any atom is 0.0625 e. The molecule has 0 saturated heterocycles. The fraction of sp³-hybridized carbons (Fsp3) is 0.895. The highest BCUT2D eigenvalue weighted by atomic mass is 16.3. The third-order valence-corrected chi connectivity index (χ3v) is 6.15. The van der Waals surface area contributed by atoms with Crippen molar-refractivity contribution in [1.29, 1.82) is 0 Å². The average Bonchev–Trinajstić information content (AvgIpc) is 2.32. The largest absolute Gasteiger partial charge is 0.393 e. The molecular weight excluding hydrogens is 260 g/mol. The third-order valence-electron chi connectivity index (χ3n) is 6.15. The highest BCUT2D eigenvalue weighted by Gasteiger charge is 2.40. The van der Waals surface area contributed by atoms with Crippen LogP contribution in [-0.4, -0.2) is 21.9 Å². The van der Waals surface area contributed by atoms with E-state index in [0.717, 1.165) is 49.9 Å². The van der Waals surface area contributed by atoms with E-state index in [1.165, 1.54) is 37.7 Å². The molecule has 0 radical (unpaired) electrons. The van der Waals surface area contributed by atoms with Gasteiger partial charge in [0, 0.05) is 0 Å². The second-order valence-electron chi connectivity index (χ2n) is 8.70. The van der Waals surface area contributed by atoms with E-state index < -0.39 is 5.60 Å². The van der Waals surface area contributed by atoms with Crippen LogP contribution in [0, 0.1) is 23.7 Å². The number of fused-ring (bicyclic) bond motifs is 2. The van der Waals surface area contributed by atoms with Crippen LogP contribution in [0.25, 0.3) is 0 Å². The van der Waals surface area contributed by atoms with Crippen molar-refractivity contribution in [3.63, 3.8) is 0 Å². The molecule has 0 heterocycles. The molecule has 0 amide bonds. The predicted octanol–water partition coefficient (Wildman–Crippen LogP) is 4.06. The molecule has 3 aliphatic rings. The molecule has 3 saturated carbocycles. The number of aliphatic hydroxyl groups excluding tert-OH is 1. The molecule has 3 rings (SSSR count). The summed E-state index contributed by atoms with van der Waals surface area (Å²) in [5.74, 6) is 3.03. The Morgan fingerprint density at radius 3 is 2.24 bits per heavy atom. The fourth-order valence-electron chi connectivity index (χ4n) is 5.67. The lowest BCUT2D eigenvalue weighted by atomic mass is 9.62. The molecule has 0 spiro atoms. The van der Waals surface area contributed by atoms with Crippen LogP contribution in [0.3, 0.4) is 0 Å². The Bertz CT molecular complexity index is 371. The number of hydrogen-bond donors (Lipinski definition) is 2. The lowest BCUT2D eigenvalue weighted by molar-refractivity contribution is -0.0490. The quantitative estimate of drug-likeness (QED) is 0.770. The highest BCUT2D eigenvalue weighted by molar-refractivity contribution is 5.02. The Labute approximate surface area is 129 Å². The van der Waals surface area contributed by atoms with E-state index >= 15 is 0 Å². The summed E-state index contributed by atoms with van der Waals surface area (Å²) in [7, 11) is 0. The van der Waals surface area contributed by atoms with Crippen molar-refractivity contribution in [2.45, 2.75) is 82.8 Å². The minimum atomic E-state index is -0.399. The molecule has 0 aromatic rings. The van der Waals surface area contributed by atoms with Crippen LogP contribution in [0.1, 0.15) is 71.1 Å². The number of aliphatic hydroxyl groups is 2. The average molecular weight is 292 g/mol. The fourth-order valence-corrected chi connectivity index (χ4v) is 5.67. The lowest BCUT2D eigenvalue weighted by Gasteiger charge is -2.45. The molecule has 2 N–H and O–H groups in total. The Balaban J connectivity index is 1.48. The van der Waals surface area contributed by atoms with Gasteiger partial charge in [0.25, 0.3) is 0 Å². The van der Waals surface area contributed by atoms with E-state index in [4.69, 9.17) is 0 Å². The zero-order valence-corrected chi connectivity index (χ0v) is 13.6. The van der Waals surface area contributed by atoms with E-state index in [-0.39, 0.29) is 6.10 Å². The van der Waals surface area contributed by atoms with Gasteiger partial charge in [0.1, 0.15) is 0 Å². The Morgan fingerprint density at radius 2 is 1.62 bits per heavy atom. The van der Waals surface area contributed by atoms with Gasteiger partial charge in [0.15, 0.2) is 0 Å². The van der Waals surface area contributed by atoms with Crippen LogP contribution in [0.4, 0.5) is 0 Å². The summed E-state index contributed by atoms with van der Waals surface area (Å²) in [6.07, 6.45) is 11.4. The molecule has 2 heteroatoms. The summed E-state index contributed by atoms with van der Waals surface area (Å²) in [5.41, 5.74) is 0.847. The topological polar surface area (TPSA) is 40.5 Å². The van der Waals surface area contributed by atoms with Crippen molar-refractivity contribution in [2.24, 2.45) is 23.7 Å². The number of rotatable bonds is 3. The molecule has 3 aliphatic carbocycles. The van der Waals surface area contributed by atoms with Crippen molar-refractivity contribution in [2.75, 3.05) is 0 Å². The highest BCUT2D eigenvalue weighted by Crippen LogP contribution is 2.48. The van der Waals surface area contributed by atoms with Gasteiger partial charge in [-0.2, -0.15) is 0 Å². The van der Waals surface area contributed by atoms with E-state index in [1.807, 2.05) is 6.92 Å². The summed E-state index contributed by atoms with van der Waals surface area (Å²) in [6.45, 7) is 6.11. The first kappa shape index (κ1) is 15.6. The maximum atomic E-state index is 10.3. The van der Waals surface area contributed by atoms with Crippen LogP contribution in [0.2, 0.25) is 0 Å². The van der Waals surface area contributed by atoms with Crippen LogP contribution in [0.5, 0.6) is 0 Å². The minimum Gasteiger partial charge on any atom is -0.393 e. The normalized spacial score (nSPS) is 47.4. The molecule has 2 nitrogen and oxygen atoms in total. The van der Waals surface area contributed by atoms with Gasteiger partial charge in [0.2, 0.25) is 0 Å². The molecular formula is C19H32O2. The van der Waals surface area contributed by atoms with Crippen molar-refractivity contribution >= 4 is 0 Å². The number of hydrogen-bond acceptors (Lipinski definition) is 2. The second kappa shape index (κ2) is 6.04. The molecule has 4 atom stereocenters. The SMILES string of the molecule is C=C1CC(O)CC(CCC2CC3CC(C2)CC(C)(O)C3)C1. The molecule has 0 aromatic heterocycles. The first-order valence-corrected chi connectivity index (χ1v) is 8.97. The Kier molecular flexibility index (Phi) is 4.47. The van der Waals surface area contributed by atoms with Gasteiger partial charge in [0.05, 0.1) is 11.7 Å². The lowest BCUT2D eigenvalue weighted by Crippen LogP contribution is -2.40. The summed E-state index contributed by atoms with van der Waals surface area (Å²) in [6, 6.07) is 0. The van der Waals surface area contributed by atoms with Crippen molar-refractivity contribution in [1.82, 2.24) is 0 Å². The first-order valence-electron chi connectivity index (χ1n) is 8.97. The molecule has 0 aliphatic heterocycles. The standard InChI is InChI=1S/C19H32O2/c1-13-5-14(10-18(20)6-13)3-4-15-7-16-9-17(8-15)12-19(2,21)11-16/h14-18,20-21H,1,3-12H2,2H3. The van der Waals surface area contributed by atoms with Crippen LogP contribution < -0.4 is 0 Å². The zero-order valence-electron chi connectivity index (χ0n) is 13.6. The molecule has 3 fully saturated rings. The van der Waals surface area contributed by atoms with Crippen LogP contribution >= 0.6 is 0 Å². The van der Waals surface area contributed by atoms with Crippen LogP contribution in [0.15, 0.2) is 12.2 Å². The smallest absolute Gasteiger partial charge is 0.0625 e. The summed E-state index contributed by atoms with van der Waals surface area (Å²) in [4.78, 5) is 0. The van der Waals surface area contributed by atoms with Gasteiger partial charge >= 0.3 is 0 Å². The summed E-state index contributed by atoms with van der Waals surface area (Å²) < 4.78 is 0. The summed E-state index contributed by atoms with van der Waals surface area (Å²) >= 11 is 0. The third kappa shape index (κ3) is 4.10. The van der Waals surface area contributed by atoms with Gasteiger partial charge in [-0.25, -0.2) is 0 Å². The minimum absolute atomic E-state index is 0.142. The van der Waals surface area contributed by atoms with Crippen LogP contribution in [-0.2, 0) is 0 Å². The molecule has 0 aromatic carbocycles. The zero-order chi connectivity index (χ0) is 15.0. The maximum absolute atomic E-state index is 10.3. The van der Waals surface area contributed by atoms with E-state index in [9.17, 15) is 10.2 Å². The Morgan fingerprint density at radius 1 is 1.00 bits per heavy atom. The van der Waals surface area contributed by atoms with Crippen molar-refractivity contribution < 1.29 is 10.2 Å². The van der Waals surface area contributed by atoms with Gasteiger partial charge in [-0.3, -0.25) is 0 Å². The second-order valence-corrected chi connectivity index (χ2v) is 8.70. The molecule has 4 unspecified atom stereocenters.